The van der Waals surface area contributed by atoms with Gasteiger partial charge in [0.1, 0.15) is 0 Å². The van der Waals surface area contributed by atoms with Crippen LogP contribution in [-0.4, -0.2) is 24.7 Å². The molecule has 6 nitrogen and oxygen atoms in total. The molecule has 28 heavy (non-hydrogen) atoms. The van der Waals surface area contributed by atoms with Crippen molar-refractivity contribution in [3.8, 4) is 0 Å². The maximum absolute atomic E-state index is 13.0. The van der Waals surface area contributed by atoms with Crippen molar-refractivity contribution in [3.05, 3.63) is 54.4 Å². The van der Waals surface area contributed by atoms with Gasteiger partial charge < -0.3 is 10.6 Å². The zero-order valence-electron chi connectivity index (χ0n) is 16.3. The molecule has 0 aliphatic heterocycles. The minimum Gasteiger partial charge on any atom is -0.334 e. The Bertz CT molecular complexity index is 898. The third-order valence-electron chi connectivity index (χ3n) is 5.65. The zero-order valence-corrected chi connectivity index (χ0v) is 17.1. The predicted octanol–water partition coefficient (Wildman–Crippen LogP) is 4.00. The van der Waals surface area contributed by atoms with Gasteiger partial charge in [0, 0.05) is 24.6 Å². The van der Waals surface area contributed by atoms with Crippen molar-refractivity contribution < 1.29 is 13.2 Å². The summed E-state index contributed by atoms with van der Waals surface area (Å²) in [5, 5.41) is 5.13. The van der Waals surface area contributed by atoms with Crippen LogP contribution in [0.4, 0.5) is 10.5 Å². The molecule has 3 atom stereocenters. The molecular weight excluding hydrogens is 374 g/mol. The molecule has 0 radical (unpaired) electrons. The second kappa shape index (κ2) is 8.73. The predicted molar refractivity (Wildman–Crippen MR) is 110 cm³/mol. The van der Waals surface area contributed by atoms with Crippen molar-refractivity contribution in [2.75, 3.05) is 5.32 Å². The van der Waals surface area contributed by atoms with Gasteiger partial charge in [0.05, 0.1) is 10.1 Å². The van der Waals surface area contributed by atoms with Gasteiger partial charge in [0.25, 0.3) is 0 Å². The Labute approximate surface area is 166 Å². The number of aromatic nitrogens is 1. The Morgan fingerprint density at radius 1 is 1.14 bits per heavy atom. The van der Waals surface area contributed by atoms with Crippen LogP contribution >= 0.6 is 0 Å². The number of nitrogens with zero attached hydrogens (tertiary/aromatic N) is 1. The van der Waals surface area contributed by atoms with Crippen LogP contribution in [-0.2, 0) is 16.4 Å². The molecule has 1 aliphatic rings. The van der Waals surface area contributed by atoms with Crippen molar-refractivity contribution in [2.45, 2.75) is 49.8 Å². The number of hydrogen-bond donors (Lipinski definition) is 2. The molecule has 1 fully saturated rings. The molecule has 1 aliphatic carbocycles. The van der Waals surface area contributed by atoms with Crippen LogP contribution in [0.5, 0.6) is 0 Å². The van der Waals surface area contributed by atoms with E-state index in [2.05, 4.69) is 22.5 Å². The normalized spacial score (nSPS) is 22.4. The highest BCUT2D eigenvalue weighted by Gasteiger charge is 2.37. The quantitative estimate of drug-likeness (QED) is 0.792. The van der Waals surface area contributed by atoms with Crippen molar-refractivity contribution in [3.63, 3.8) is 0 Å². The third kappa shape index (κ3) is 4.70. The van der Waals surface area contributed by atoms with Gasteiger partial charge >= 0.3 is 6.03 Å². The lowest BCUT2D eigenvalue weighted by atomic mass is 9.81. The van der Waals surface area contributed by atoms with Gasteiger partial charge in [0.15, 0.2) is 9.84 Å². The molecule has 0 saturated heterocycles. The smallest absolute Gasteiger partial charge is 0.319 e. The van der Waals surface area contributed by atoms with Crippen LogP contribution in [0.3, 0.4) is 0 Å². The SMILES string of the molecule is CC1CCCC(S(=O)(=O)c2ccc(NC(=O)NCc3cccnc3)cc2)C1C. The molecule has 0 spiro atoms. The van der Waals surface area contributed by atoms with E-state index >= 15 is 0 Å². The summed E-state index contributed by atoms with van der Waals surface area (Å²) in [5.74, 6) is 0.563. The fraction of sp³-hybridized carbons (Fsp3) is 0.429. The van der Waals surface area contributed by atoms with E-state index in [1.807, 2.05) is 19.1 Å². The van der Waals surface area contributed by atoms with E-state index in [1.165, 1.54) is 0 Å². The summed E-state index contributed by atoms with van der Waals surface area (Å²) in [6.07, 6.45) is 6.11. The summed E-state index contributed by atoms with van der Waals surface area (Å²) in [5.41, 5.74) is 1.45. The van der Waals surface area contributed by atoms with Gasteiger partial charge in [-0.15, -0.1) is 0 Å². The molecule has 1 heterocycles. The molecule has 3 rings (SSSR count). The molecule has 7 heteroatoms. The topological polar surface area (TPSA) is 88.2 Å². The number of carbonyl (C=O) groups is 1. The van der Waals surface area contributed by atoms with E-state index in [0.29, 0.717) is 29.5 Å². The lowest BCUT2D eigenvalue weighted by Gasteiger charge is -2.33. The molecule has 3 unspecified atom stereocenters. The number of carbonyl (C=O) groups excluding carboxylic acids is 1. The van der Waals surface area contributed by atoms with E-state index in [4.69, 9.17) is 0 Å². The second-order valence-electron chi connectivity index (χ2n) is 7.54. The average molecular weight is 402 g/mol. The van der Waals surface area contributed by atoms with E-state index in [0.717, 1.165) is 18.4 Å². The lowest BCUT2D eigenvalue weighted by molar-refractivity contribution is 0.251. The first-order chi connectivity index (χ1) is 13.4. The monoisotopic (exact) mass is 401 g/mol. The number of pyridine rings is 1. The number of hydrogen-bond acceptors (Lipinski definition) is 4. The fourth-order valence-electron chi connectivity index (χ4n) is 3.73. The van der Waals surface area contributed by atoms with Crippen LogP contribution in [0.25, 0.3) is 0 Å². The van der Waals surface area contributed by atoms with E-state index in [9.17, 15) is 13.2 Å². The van der Waals surface area contributed by atoms with E-state index in [1.54, 1.807) is 36.7 Å². The molecule has 2 N–H and O–H groups in total. The number of urea groups is 1. The average Bonchev–Trinajstić information content (AvgIpc) is 2.69. The van der Waals surface area contributed by atoms with Crippen LogP contribution in [0.1, 0.15) is 38.7 Å². The summed E-state index contributed by atoms with van der Waals surface area (Å²) < 4.78 is 26.1. The second-order valence-corrected chi connectivity index (χ2v) is 9.71. The van der Waals surface area contributed by atoms with Crippen LogP contribution < -0.4 is 10.6 Å². The lowest BCUT2D eigenvalue weighted by Crippen LogP contribution is -2.35. The molecule has 1 saturated carbocycles. The van der Waals surface area contributed by atoms with Gasteiger partial charge in [-0.25, -0.2) is 13.2 Å². The van der Waals surface area contributed by atoms with Gasteiger partial charge in [0.2, 0.25) is 0 Å². The first-order valence-electron chi connectivity index (χ1n) is 9.65. The van der Waals surface area contributed by atoms with Gasteiger partial charge in [-0.05, 0) is 54.2 Å². The van der Waals surface area contributed by atoms with Crippen molar-refractivity contribution in [1.82, 2.24) is 10.3 Å². The molecule has 150 valence electrons. The standard InChI is InChI=1S/C21H27N3O3S/c1-15-5-3-7-20(16(15)2)28(26,27)19-10-8-18(9-11-19)24-21(25)23-14-17-6-4-12-22-13-17/h4,6,8-13,15-16,20H,3,5,7,14H2,1-2H3,(H2,23,24,25). The molecule has 1 aromatic heterocycles. The van der Waals surface area contributed by atoms with E-state index < -0.39 is 9.84 Å². The Morgan fingerprint density at radius 3 is 2.57 bits per heavy atom. The first-order valence-corrected chi connectivity index (χ1v) is 11.2. The highest BCUT2D eigenvalue weighted by molar-refractivity contribution is 7.92. The van der Waals surface area contributed by atoms with Crippen molar-refractivity contribution in [2.24, 2.45) is 11.8 Å². The number of nitrogens with one attached hydrogen (secondary N) is 2. The van der Waals surface area contributed by atoms with Gasteiger partial charge in [-0.1, -0.05) is 32.8 Å². The molecule has 0 bridgehead atoms. The Balaban J connectivity index is 1.62. The zero-order chi connectivity index (χ0) is 20.1. The molecular formula is C21H27N3O3S. The summed E-state index contributed by atoms with van der Waals surface area (Å²) in [4.78, 5) is 16.4. The van der Waals surface area contributed by atoms with E-state index in [-0.39, 0.29) is 17.2 Å². The van der Waals surface area contributed by atoms with Gasteiger partial charge in [-0.2, -0.15) is 0 Å². The summed E-state index contributed by atoms with van der Waals surface area (Å²) in [7, 11) is -3.37. The summed E-state index contributed by atoms with van der Waals surface area (Å²) >= 11 is 0. The minimum absolute atomic E-state index is 0.148. The summed E-state index contributed by atoms with van der Waals surface area (Å²) in [6.45, 7) is 4.53. The molecule has 1 aromatic carbocycles. The fourth-order valence-corrected chi connectivity index (χ4v) is 5.91. The van der Waals surface area contributed by atoms with Crippen molar-refractivity contribution >= 4 is 21.6 Å². The first kappa shape index (κ1) is 20.3. The number of amides is 2. The number of rotatable bonds is 5. The molecule has 2 amide bonds. The maximum atomic E-state index is 13.0. The Kier molecular flexibility index (Phi) is 6.34. The Hall–Kier alpha value is -2.41. The number of sulfone groups is 1. The largest absolute Gasteiger partial charge is 0.334 e. The van der Waals surface area contributed by atoms with Crippen LogP contribution in [0.2, 0.25) is 0 Å². The highest BCUT2D eigenvalue weighted by Crippen LogP contribution is 2.36. The maximum Gasteiger partial charge on any atom is 0.319 e. The molecule has 2 aromatic rings. The van der Waals surface area contributed by atoms with Gasteiger partial charge in [-0.3, -0.25) is 4.98 Å². The van der Waals surface area contributed by atoms with Crippen LogP contribution in [0, 0.1) is 11.8 Å². The van der Waals surface area contributed by atoms with Crippen molar-refractivity contribution in [1.29, 1.82) is 0 Å². The number of benzene rings is 1. The Morgan fingerprint density at radius 2 is 1.89 bits per heavy atom. The minimum atomic E-state index is -3.37. The highest BCUT2D eigenvalue weighted by atomic mass is 32.2. The van der Waals surface area contributed by atoms with Crippen LogP contribution in [0.15, 0.2) is 53.7 Å². The summed E-state index contributed by atoms with van der Waals surface area (Å²) in [6, 6.07) is 9.76. The number of anilines is 1. The third-order valence-corrected chi connectivity index (χ3v) is 8.04.